The summed E-state index contributed by atoms with van der Waals surface area (Å²) in [6.45, 7) is 0. The van der Waals surface area contributed by atoms with Crippen LogP contribution in [0.2, 0.25) is 10.0 Å². The minimum Gasteiger partial charge on any atom is -0.480 e. The molecule has 1 amide bonds. The lowest BCUT2D eigenvalue weighted by Gasteiger charge is -2.11. The summed E-state index contributed by atoms with van der Waals surface area (Å²) in [5.74, 6) is 0.268. The number of amides is 1. The number of nitrogens with one attached hydrogen (secondary N) is 1. The SMILES string of the molecule is COc1cnc(-c2cc(Cl)cc(Cl)c2)c(NC(=O)c2ccsc2)n1. The molecule has 0 spiro atoms. The molecule has 2 aromatic heterocycles. The van der Waals surface area contributed by atoms with Crippen LogP contribution in [0.3, 0.4) is 0 Å². The van der Waals surface area contributed by atoms with Crippen LogP contribution in [-0.4, -0.2) is 23.0 Å². The summed E-state index contributed by atoms with van der Waals surface area (Å²) in [5.41, 5.74) is 1.63. The number of thiophene rings is 1. The van der Waals surface area contributed by atoms with Crippen LogP contribution < -0.4 is 10.1 Å². The van der Waals surface area contributed by atoms with Crippen LogP contribution in [0.4, 0.5) is 5.82 Å². The van der Waals surface area contributed by atoms with E-state index in [1.165, 1.54) is 24.6 Å². The summed E-state index contributed by atoms with van der Waals surface area (Å²) in [4.78, 5) is 20.9. The summed E-state index contributed by atoms with van der Waals surface area (Å²) in [6, 6.07) is 6.74. The second-order valence-corrected chi connectivity index (χ2v) is 6.39. The van der Waals surface area contributed by atoms with Crippen molar-refractivity contribution >= 4 is 46.3 Å². The number of halogens is 2. The highest BCUT2D eigenvalue weighted by Gasteiger charge is 2.15. The molecule has 0 saturated carbocycles. The molecule has 3 rings (SSSR count). The fraction of sp³-hybridized carbons (Fsp3) is 0.0625. The first-order chi connectivity index (χ1) is 11.6. The largest absolute Gasteiger partial charge is 0.480 e. The molecular weight excluding hydrogens is 369 g/mol. The van der Waals surface area contributed by atoms with Gasteiger partial charge in [0.05, 0.1) is 18.9 Å². The number of ether oxygens (including phenoxy) is 1. The third-order valence-electron chi connectivity index (χ3n) is 3.11. The number of hydrogen-bond acceptors (Lipinski definition) is 5. The number of benzene rings is 1. The Labute approximate surface area is 152 Å². The van der Waals surface area contributed by atoms with Gasteiger partial charge in [-0.1, -0.05) is 23.2 Å². The number of hydrogen-bond donors (Lipinski definition) is 1. The monoisotopic (exact) mass is 379 g/mol. The Hall–Kier alpha value is -2.15. The highest BCUT2D eigenvalue weighted by molar-refractivity contribution is 7.08. The first-order valence-corrected chi connectivity index (χ1v) is 8.48. The van der Waals surface area contributed by atoms with E-state index in [1.54, 1.807) is 29.6 Å². The predicted octanol–water partition coefficient (Wildman–Crippen LogP) is 4.77. The van der Waals surface area contributed by atoms with E-state index in [4.69, 9.17) is 27.9 Å². The fourth-order valence-electron chi connectivity index (χ4n) is 2.03. The molecule has 1 N–H and O–H groups in total. The second kappa shape index (κ2) is 7.17. The van der Waals surface area contributed by atoms with E-state index in [0.717, 1.165) is 0 Å². The topological polar surface area (TPSA) is 64.1 Å². The van der Waals surface area contributed by atoms with Gasteiger partial charge in [0.15, 0.2) is 5.82 Å². The number of aromatic nitrogens is 2. The van der Waals surface area contributed by atoms with Crippen molar-refractivity contribution in [1.29, 1.82) is 0 Å². The first-order valence-electron chi connectivity index (χ1n) is 6.78. The molecule has 0 radical (unpaired) electrons. The molecule has 24 heavy (non-hydrogen) atoms. The van der Waals surface area contributed by atoms with Crippen molar-refractivity contribution in [2.45, 2.75) is 0 Å². The number of anilines is 1. The van der Waals surface area contributed by atoms with Crippen LogP contribution in [0.5, 0.6) is 5.88 Å². The van der Waals surface area contributed by atoms with E-state index in [1.807, 2.05) is 5.38 Å². The first kappa shape index (κ1) is 16.7. The van der Waals surface area contributed by atoms with Crippen LogP contribution >= 0.6 is 34.5 Å². The minimum absolute atomic E-state index is 0.267. The Balaban J connectivity index is 2.04. The Morgan fingerprint density at radius 3 is 2.62 bits per heavy atom. The van der Waals surface area contributed by atoms with Gasteiger partial charge in [0.1, 0.15) is 5.69 Å². The summed E-state index contributed by atoms with van der Waals surface area (Å²) in [5, 5.41) is 7.25. The predicted molar refractivity (Wildman–Crippen MR) is 96.3 cm³/mol. The molecule has 122 valence electrons. The minimum atomic E-state index is -0.284. The van der Waals surface area contributed by atoms with Gasteiger partial charge < -0.3 is 10.1 Å². The molecule has 0 fully saturated rings. The van der Waals surface area contributed by atoms with Gasteiger partial charge in [-0.3, -0.25) is 4.79 Å². The maximum atomic E-state index is 12.3. The normalized spacial score (nSPS) is 10.5. The van der Waals surface area contributed by atoms with Gasteiger partial charge >= 0.3 is 0 Å². The van der Waals surface area contributed by atoms with Gasteiger partial charge in [-0.2, -0.15) is 16.3 Å². The third kappa shape index (κ3) is 3.67. The summed E-state index contributed by atoms with van der Waals surface area (Å²) >= 11 is 13.5. The maximum absolute atomic E-state index is 12.3. The number of carbonyl (C=O) groups excluding carboxylic acids is 1. The van der Waals surface area contributed by atoms with Crippen molar-refractivity contribution in [3.63, 3.8) is 0 Å². The van der Waals surface area contributed by atoms with E-state index in [2.05, 4.69) is 15.3 Å². The van der Waals surface area contributed by atoms with E-state index in [-0.39, 0.29) is 17.6 Å². The molecule has 0 aliphatic carbocycles. The molecule has 0 aliphatic rings. The van der Waals surface area contributed by atoms with Gasteiger partial charge in [0, 0.05) is 21.0 Å². The van der Waals surface area contributed by atoms with Gasteiger partial charge in [-0.25, -0.2) is 4.98 Å². The van der Waals surface area contributed by atoms with Crippen molar-refractivity contribution in [1.82, 2.24) is 9.97 Å². The maximum Gasteiger partial charge on any atom is 0.257 e. The van der Waals surface area contributed by atoms with Crippen LogP contribution in [0.15, 0.2) is 41.2 Å². The van der Waals surface area contributed by atoms with Crippen LogP contribution in [0.1, 0.15) is 10.4 Å². The Kier molecular flexibility index (Phi) is 4.99. The average Bonchev–Trinajstić information content (AvgIpc) is 3.08. The zero-order chi connectivity index (χ0) is 17.1. The highest BCUT2D eigenvalue weighted by Crippen LogP contribution is 2.31. The Morgan fingerprint density at radius 2 is 2.00 bits per heavy atom. The Bertz CT molecular complexity index is 865. The molecule has 3 aromatic rings. The van der Waals surface area contributed by atoms with E-state index in [9.17, 15) is 4.79 Å². The highest BCUT2D eigenvalue weighted by atomic mass is 35.5. The van der Waals surface area contributed by atoms with Gasteiger partial charge in [0.25, 0.3) is 5.91 Å². The lowest BCUT2D eigenvalue weighted by Crippen LogP contribution is -2.14. The molecule has 0 unspecified atom stereocenters. The van der Waals surface area contributed by atoms with Gasteiger partial charge in [0.2, 0.25) is 5.88 Å². The standard InChI is InChI=1S/C16H11Cl2N3O2S/c1-23-13-7-19-14(10-4-11(17)6-12(18)5-10)15(20-13)21-16(22)9-2-3-24-8-9/h2-8H,1H3,(H,20,21,22). The summed E-state index contributed by atoms with van der Waals surface area (Å²) in [7, 11) is 1.48. The second-order valence-electron chi connectivity index (χ2n) is 4.73. The zero-order valence-electron chi connectivity index (χ0n) is 12.4. The molecular formula is C16H11Cl2N3O2S. The van der Waals surface area contributed by atoms with Crippen LogP contribution in [-0.2, 0) is 0 Å². The van der Waals surface area contributed by atoms with Crippen molar-refractivity contribution < 1.29 is 9.53 Å². The fourth-order valence-corrected chi connectivity index (χ4v) is 3.20. The molecule has 0 saturated heterocycles. The van der Waals surface area contributed by atoms with E-state index >= 15 is 0 Å². The smallest absolute Gasteiger partial charge is 0.257 e. The molecule has 5 nitrogen and oxygen atoms in total. The molecule has 2 heterocycles. The molecule has 8 heteroatoms. The van der Waals surface area contributed by atoms with Gasteiger partial charge in [-0.15, -0.1) is 0 Å². The Morgan fingerprint density at radius 1 is 1.25 bits per heavy atom. The van der Waals surface area contributed by atoms with Crippen molar-refractivity contribution in [3.05, 3.63) is 56.8 Å². The average molecular weight is 380 g/mol. The zero-order valence-corrected chi connectivity index (χ0v) is 14.7. The number of carbonyl (C=O) groups is 1. The van der Waals surface area contributed by atoms with E-state index < -0.39 is 0 Å². The lowest BCUT2D eigenvalue weighted by molar-refractivity contribution is 0.102. The van der Waals surface area contributed by atoms with Crippen molar-refractivity contribution in [2.24, 2.45) is 0 Å². The summed E-state index contributed by atoms with van der Waals surface area (Å²) < 4.78 is 5.09. The number of rotatable bonds is 4. The number of nitrogens with zero attached hydrogens (tertiary/aromatic N) is 2. The molecule has 0 aliphatic heterocycles. The molecule has 0 atom stereocenters. The number of methoxy groups -OCH3 is 1. The molecule has 1 aromatic carbocycles. The molecule has 0 bridgehead atoms. The van der Waals surface area contributed by atoms with Crippen molar-refractivity contribution in [2.75, 3.05) is 12.4 Å². The van der Waals surface area contributed by atoms with E-state index in [0.29, 0.717) is 26.9 Å². The van der Waals surface area contributed by atoms with Crippen LogP contribution in [0.25, 0.3) is 11.3 Å². The lowest BCUT2D eigenvalue weighted by atomic mass is 10.1. The third-order valence-corrected chi connectivity index (χ3v) is 4.23. The van der Waals surface area contributed by atoms with Crippen molar-refractivity contribution in [3.8, 4) is 17.1 Å². The summed E-state index contributed by atoms with van der Waals surface area (Å²) in [6.07, 6.45) is 1.46. The quantitative estimate of drug-likeness (QED) is 0.708. The van der Waals surface area contributed by atoms with Gasteiger partial charge in [-0.05, 0) is 29.6 Å². The van der Waals surface area contributed by atoms with Crippen LogP contribution in [0, 0.1) is 0 Å².